The monoisotopic (exact) mass is 329 g/mol. The number of hydrogen-bond donors (Lipinski definition) is 0. The Bertz CT molecular complexity index is 605. The molecule has 1 aliphatic carbocycles. The molecule has 0 bridgehead atoms. The lowest BCUT2D eigenvalue weighted by Gasteiger charge is -2.23. The highest BCUT2D eigenvalue weighted by Gasteiger charge is 2.19. The van der Waals surface area contributed by atoms with E-state index in [4.69, 9.17) is 9.57 Å². The van der Waals surface area contributed by atoms with Gasteiger partial charge in [-0.05, 0) is 45.2 Å². The zero-order valence-electron chi connectivity index (χ0n) is 14.9. The SMILES string of the molecule is CCCCC(C)OC1=C(C)C(=NOC(=O)c2ccccc2)CCC1. The maximum Gasteiger partial charge on any atom is 0.365 e. The molecule has 0 aromatic heterocycles. The molecule has 0 heterocycles. The Morgan fingerprint density at radius 1 is 1.25 bits per heavy atom. The number of benzene rings is 1. The van der Waals surface area contributed by atoms with Crippen molar-refractivity contribution in [2.45, 2.75) is 65.4 Å². The van der Waals surface area contributed by atoms with Gasteiger partial charge in [-0.25, -0.2) is 4.79 Å². The van der Waals surface area contributed by atoms with Gasteiger partial charge in [-0.15, -0.1) is 0 Å². The van der Waals surface area contributed by atoms with Crippen molar-refractivity contribution in [1.82, 2.24) is 0 Å². The summed E-state index contributed by atoms with van der Waals surface area (Å²) < 4.78 is 6.09. The molecule has 0 radical (unpaired) electrons. The standard InChI is InChI=1S/C20H27NO3/c1-4-5-10-15(2)23-19-14-9-13-18(16(19)3)21-24-20(22)17-11-7-6-8-12-17/h6-8,11-12,15H,4-5,9-10,13-14H2,1-3H3. The smallest absolute Gasteiger partial charge is 0.365 e. The van der Waals surface area contributed by atoms with E-state index in [2.05, 4.69) is 19.0 Å². The molecule has 0 saturated heterocycles. The van der Waals surface area contributed by atoms with E-state index in [9.17, 15) is 4.79 Å². The summed E-state index contributed by atoms with van der Waals surface area (Å²) in [5, 5.41) is 4.09. The van der Waals surface area contributed by atoms with Crippen molar-refractivity contribution in [3.05, 3.63) is 47.2 Å². The number of oxime groups is 1. The number of nitrogens with zero attached hydrogens (tertiary/aromatic N) is 1. The minimum atomic E-state index is -0.430. The Kier molecular flexibility index (Phi) is 7.04. The van der Waals surface area contributed by atoms with Crippen LogP contribution in [-0.4, -0.2) is 17.8 Å². The van der Waals surface area contributed by atoms with Gasteiger partial charge in [0.25, 0.3) is 0 Å². The average Bonchev–Trinajstić information content (AvgIpc) is 2.61. The zero-order valence-corrected chi connectivity index (χ0v) is 14.9. The molecule has 1 atom stereocenters. The molecular formula is C20H27NO3. The quantitative estimate of drug-likeness (QED) is 0.507. The summed E-state index contributed by atoms with van der Waals surface area (Å²) in [6.45, 7) is 6.29. The van der Waals surface area contributed by atoms with Crippen molar-refractivity contribution in [3.8, 4) is 0 Å². The van der Waals surface area contributed by atoms with E-state index in [1.165, 1.54) is 12.8 Å². The Hall–Kier alpha value is -2.10. The minimum absolute atomic E-state index is 0.209. The van der Waals surface area contributed by atoms with Crippen LogP contribution in [0.1, 0.15) is 69.7 Å². The van der Waals surface area contributed by atoms with Gasteiger partial charge in [0, 0.05) is 12.0 Å². The van der Waals surface area contributed by atoms with Gasteiger partial charge >= 0.3 is 5.97 Å². The third kappa shape index (κ3) is 5.22. The highest BCUT2D eigenvalue weighted by atomic mass is 16.7. The van der Waals surface area contributed by atoms with Crippen molar-refractivity contribution in [2.75, 3.05) is 0 Å². The van der Waals surface area contributed by atoms with Crippen LogP contribution in [0.15, 0.2) is 46.8 Å². The molecule has 1 aromatic carbocycles. The molecule has 1 unspecified atom stereocenters. The Labute approximate surface area is 144 Å². The first kappa shape index (κ1) is 18.2. The average molecular weight is 329 g/mol. The van der Waals surface area contributed by atoms with Gasteiger partial charge in [0.15, 0.2) is 0 Å². The first-order chi connectivity index (χ1) is 11.6. The summed E-state index contributed by atoms with van der Waals surface area (Å²) in [6.07, 6.45) is 6.31. The fraction of sp³-hybridized carbons (Fsp3) is 0.500. The molecule has 4 heteroatoms. The van der Waals surface area contributed by atoms with Crippen molar-refractivity contribution >= 4 is 11.7 Å². The number of allylic oxidation sites excluding steroid dienone is 2. The highest BCUT2D eigenvalue weighted by molar-refractivity contribution is 6.01. The molecule has 0 aliphatic heterocycles. The van der Waals surface area contributed by atoms with E-state index >= 15 is 0 Å². The van der Waals surface area contributed by atoms with Crippen LogP contribution < -0.4 is 0 Å². The van der Waals surface area contributed by atoms with Crippen LogP contribution in [0.4, 0.5) is 0 Å². The normalized spacial score (nSPS) is 17.7. The summed E-state index contributed by atoms with van der Waals surface area (Å²) >= 11 is 0. The Balaban J connectivity index is 2.01. The third-order valence-corrected chi connectivity index (χ3v) is 4.22. The van der Waals surface area contributed by atoms with Gasteiger partial charge in [-0.2, -0.15) is 0 Å². The van der Waals surface area contributed by atoms with E-state index in [1.54, 1.807) is 24.3 Å². The lowest BCUT2D eigenvalue weighted by Crippen LogP contribution is -2.17. The second-order valence-corrected chi connectivity index (χ2v) is 6.26. The molecule has 24 heavy (non-hydrogen) atoms. The maximum atomic E-state index is 12.0. The topological polar surface area (TPSA) is 47.9 Å². The molecule has 1 aromatic rings. The maximum absolute atomic E-state index is 12.0. The van der Waals surface area contributed by atoms with Crippen molar-refractivity contribution in [2.24, 2.45) is 5.16 Å². The molecule has 0 amide bonds. The molecular weight excluding hydrogens is 302 g/mol. The lowest BCUT2D eigenvalue weighted by molar-refractivity contribution is 0.0514. The fourth-order valence-electron chi connectivity index (χ4n) is 2.73. The third-order valence-electron chi connectivity index (χ3n) is 4.22. The van der Waals surface area contributed by atoms with Gasteiger partial charge in [-0.1, -0.05) is 43.1 Å². The highest BCUT2D eigenvalue weighted by Crippen LogP contribution is 2.26. The number of rotatable bonds is 7. The molecule has 130 valence electrons. The van der Waals surface area contributed by atoms with Crippen LogP contribution in [0.5, 0.6) is 0 Å². The number of ether oxygens (including phenoxy) is 1. The van der Waals surface area contributed by atoms with E-state index in [0.29, 0.717) is 5.56 Å². The van der Waals surface area contributed by atoms with Crippen LogP contribution in [0.2, 0.25) is 0 Å². The first-order valence-corrected chi connectivity index (χ1v) is 8.81. The van der Waals surface area contributed by atoms with E-state index in [0.717, 1.165) is 42.7 Å². The first-order valence-electron chi connectivity index (χ1n) is 8.81. The molecule has 0 fully saturated rings. The van der Waals surface area contributed by atoms with Crippen molar-refractivity contribution in [3.63, 3.8) is 0 Å². The van der Waals surface area contributed by atoms with Crippen LogP contribution in [0, 0.1) is 0 Å². The van der Waals surface area contributed by atoms with E-state index in [1.807, 2.05) is 13.0 Å². The molecule has 2 rings (SSSR count). The second-order valence-electron chi connectivity index (χ2n) is 6.26. The van der Waals surface area contributed by atoms with Crippen LogP contribution >= 0.6 is 0 Å². The van der Waals surface area contributed by atoms with Gasteiger partial charge in [0.2, 0.25) is 0 Å². The Morgan fingerprint density at radius 2 is 2.00 bits per heavy atom. The summed E-state index contributed by atoms with van der Waals surface area (Å²) in [5.41, 5.74) is 2.32. The Morgan fingerprint density at radius 3 is 2.71 bits per heavy atom. The van der Waals surface area contributed by atoms with Gasteiger partial charge in [0.05, 0.1) is 17.4 Å². The van der Waals surface area contributed by atoms with Crippen LogP contribution in [-0.2, 0) is 9.57 Å². The molecule has 0 spiro atoms. The van der Waals surface area contributed by atoms with Crippen molar-refractivity contribution in [1.29, 1.82) is 0 Å². The summed E-state index contributed by atoms with van der Waals surface area (Å²) in [6, 6.07) is 8.91. The number of carbonyl (C=O) groups excluding carboxylic acids is 1. The summed E-state index contributed by atoms with van der Waals surface area (Å²) in [7, 11) is 0. The largest absolute Gasteiger partial charge is 0.495 e. The summed E-state index contributed by atoms with van der Waals surface area (Å²) in [5.74, 6) is 0.555. The lowest BCUT2D eigenvalue weighted by atomic mass is 9.96. The van der Waals surface area contributed by atoms with Gasteiger partial charge in [-0.3, -0.25) is 0 Å². The minimum Gasteiger partial charge on any atom is -0.495 e. The van der Waals surface area contributed by atoms with Gasteiger partial charge < -0.3 is 9.57 Å². The van der Waals surface area contributed by atoms with E-state index < -0.39 is 5.97 Å². The number of hydrogen-bond acceptors (Lipinski definition) is 4. The number of unbranched alkanes of at least 4 members (excludes halogenated alkanes) is 1. The van der Waals surface area contributed by atoms with Crippen LogP contribution in [0.3, 0.4) is 0 Å². The molecule has 1 aliphatic rings. The second kappa shape index (κ2) is 9.26. The number of carbonyl (C=O) groups is 1. The van der Waals surface area contributed by atoms with Crippen LogP contribution in [0.25, 0.3) is 0 Å². The molecule has 4 nitrogen and oxygen atoms in total. The van der Waals surface area contributed by atoms with Crippen molar-refractivity contribution < 1.29 is 14.4 Å². The predicted octanol–water partition coefficient (Wildman–Crippen LogP) is 5.25. The summed E-state index contributed by atoms with van der Waals surface area (Å²) in [4.78, 5) is 17.1. The fourth-order valence-corrected chi connectivity index (χ4v) is 2.73. The van der Waals surface area contributed by atoms with E-state index in [-0.39, 0.29) is 6.10 Å². The molecule has 0 saturated carbocycles. The zero-order chi connectivity index (χ0) is 17.4. The predicted molar refractivity (Wildman–Crippen MR) is 95.9 cm³/mol. The van der Waals surface area contributed by atoms with Gasteiger partial charge in [0.1, 0.15) is 5.76 Å². The molecule has 0 N–H and O–H groups in total.